The molecular formula is C7H11N3. The molecule has 3 heteroatoms. The van der Waals surface area contributed by atoms with Crippen molar-refractivity contribution in [3.05, 3.63) is 12.2 Å². The van der Waals surface area contributed by atoms with Gasteiger partial charge in [-0.1, -0.05) is 12.2 Å². The van der Waals surface area contributed by atoms with Gasteiger partial charge in [0.05, 0.1) is 6.54 Å². The first-order chi connectivity index (χ1) is 4.97. The Hall–Kier alpha value is -0.830. The molecule has 54 valence electrons. The van der Waals surface area contributed by atoms with Gasteiger partial charge in [-0.3, -0.25) is 0 Å². The van der Waals surface area contributed by atoms with E-state index in [-0.39, 0.29) is 0 Å². The Morgan fingerprint density at radius 2 is 2.00 bits per heavy atom. The van der Waals surface area contributed by atoms with Gasteiger partial charge in [-0.25, -0.2) is 5.12 Å². The lowest BCUT2D eigenvalue weighted by Gasteiger charge is -2.24. The minimum Gasteiger partial charge on any atom is -0.227 e. The first kappa shape index (κ1) is 5.92. The van der Waals surface area contributed by atoms with Gasteiger partial charge in [0.2, 0.25) is 0 Å². The molecule has 0 aromatic carbocycles. The lowest BCUT2D eigenvalue weighted by molar-refractivity contribution is 0.0167. The maximum Gasteiger partial charge on any atom is 0.0585 e. The second-order valence-corrected chi connectivity index (χ2v) is 2.53. The average molecular weight is 137 g/mol. The molecule has 0 saturated carbocycles. The standard InChI is InChI=1S/C7H11N3/c1-2-6-9(5-1)10-7-3-4-8-10/h1-2,4H,3,5-7H2. The summed E-state index contributed by atoms with van der Waals surface area (Å²) in [4.78, 5) is 0. The van der Waals surface area contributed by atoms with Crippen molar-refractivity contribution in [3.8, 4) is 0 Å². The smallest absolute Gasteiger partial charge is 0.0585 e. The van der Waals surface area contributed by atoms with E-state index in [0.29, 0.717) is 0 Å². The monoisotopic (exact) mass is 137 g/mol. The highest BCUT2D eigenvalue weighted by molar-refractivity contribution is 5.58. The van der Waals surface area contributed by atoms with Crippen LogP contribution in [-0.4, -0.2) is 36.0 Å². The fraction of sp³-hybridized carbons (Fsp3) is 0.571. The van der Waals surface area contributed by atoms with Crippen molar-refractivity contribution in [1.29, 1.82) is 0 Å². The summed E-state index contributed by atoms with van der Waals surface area (Å²) in [5, 5.41) is 8.48. The lowest BCUT2D eigenvalue weighted by atomic mass is 10.5. The molecule has 2 rings (SSSR count). The minimum absolute atomic E-state index is 1.03. The number of hydrazone groups is 1. The van der Waals surface area contributed by atoms with E-state index >= 15 is 0 Å². The molecule has 0 aromatic rings. The van der Waals surface area contributed by atoms with Crippen molar-refractivity contribution >= 4 is 6.21 Å². The van der Waals surface area contributed by atoms with Gasteiger partial charge in [0.15, 0.2) is 0 Å². The molecule has 0 aromatic heterocycles. The molecule has 0 amide bonds. The second kappa shape index (κ2) is 2.42. The van der Waals surface area contributed by atoms with Crippen molar-refractivity contribution in [2.45, 2.75) is 6.42 Å². The Morgan fingerprint density at radius 3 is 2.60 bits per heavy atom. The first-order valence-corrected chi connectivity index (χ1v) is 3.66. The Morgan fingerprint density at radius 1 is 1.20 bits per heavy atom. The molecule has 3 nitrogen and oxygen atoms in total. The zero-order valence-corrected chi connectivity index (χ0v) is 5.90. The number of hydrogen-bond donors (Lipinski definition) is 0. The summed E-state index contributed by atoms with van der Waals surface area (Å²) < 4.78 is 0. The summed E-state index contributed by atoms with van der Waals surface area (Å²) >= 11 is 0. The molecule has 0 bridgehead atoms. The summed E-state index contributed by atoms with van der Waals surface area (Å²) in [6.07, 6.45) is 7.41. The third kappa shape index (κ3) is 0.926. The summed E-state index contributed by atoms with van der Waals surface area (Å²) in [6, 6.07) is 0. The summed E-state index contributed by atoms with van der Waals surface area (Å²) in [5.41, 5.74) is 0. The fourth-order valence-corrected chi connectivity index (χ4v) is 1.25. The molecule has 0 spiro atoms. The maximum atomic E-state index is 4.21. The molecule has 0 radical (unpaired) electrons. The lowest BCUT2D eigenvalue weighted by Crippen LogP contribution is -2.35. The highest BCUT2D eigenvalue weighted by Gasteiger charge is 2.15. The zero-order valence-electron chi connectivity index (χ0n) is 5.90. The molecule has 0 fully saturated rings. The van der Waals surface area contributed by atoms with Crippen LogP contribution in [0.2, 0.25) is 0 Å². The van der Waals surface area contributed by atoms with Crippen molar-refractivity contribution in [3.63, 3.8) is 0 Å². The van der Waals surface area contributed by atoms with E-state index in [1.54, 1.807) is 0 Å². The Labute approximate surface area is 60.6 Å². The van der Waals surface area contributed by atoms with E-state index in [2.05, 4.69) is 22.3 Å². The van der Waals surface area contributed by atoms with Crippen molar-refractivity contribution in [1.82, 2.24) is 10.1 Å². The molecule has 10 heavy (non-hydrogen) atoms. The third-order valence-electron chi connectivity index (χ3n) is 1.80. The van der Waals surface area contributed by atoms with Crippen LogP contribution < -0.4 is 0 Å². The molecule has 2 aliphatic rings. The average Bonchev–Trinajstić information content (AvgIpc) is 2.59. The number of nitrogens with zero attached hydrogens (tertiary/aromatic N) is 3. The SMILES string of the molecule is C1=CCN(N2CCC=N2)C1. The molecule has 0 N–H and O–H groups in total. The molecule has 2 aliphatic heterocycles. The first-order valence-electron chi connectivity index (χ1n) is 3.66. The highest BCUT2D eigenvalue weighted by atomic mass is 15.8. The van der Waals surface area contributed by atoms with Gasteiger partial charge >= 0.3 is 0 Å². The Bertz CT molecular complexity index is 166. The van der Waals surface area contributed by atoms with Crippen LogP contribution in [0.25, 0.3) is 0 Å². The van der Waals surface area contributed by atoms with Crippen LogP contribution in [0.5, 0.6) is 0 Å². The van der Waals surface area contributed by atoms with Crippen LogP contribution in [0.1, 0.15) is 6.42 Å². The number of rotatable bonds is 1. The second-order valence-electron chi connectivity index (χ2n) is 2.53. The van der Waals surface area contributed by atoms with Crippen LogP contribution in [-0.2, 0) is 0 Å². The summed E-state index contributed by atoms with van der Waals surface area (Å²) in [5.74, 6) is 0. The summed E-state index contributed by atoms with van der Waals surface area (Å²) in [6.45, 7) is 3.11. The van der Waals surface area contributed by atoms with E-state index < -0.39 is 0 Å². The maximum absolute atomic E-state index is 4.21. The molecule has 0 atom stereocenters. The van der Waals surface area contributed by atoms with Crippen molar-refractivity contribution in [2.75, 3.05) is 19.6 Å². The predicted octanol–water partition coefficient (Wildman–Crippen LogP) is 0.465. The van der Waals surface area contributed by atoms with E-state index in [9.17, 15) is 0 Å². The molecular weight excluding hydrogens is 126 g/mol. The van der Waals surface area contributed by atoms with Gasteiger partial charge in [0.1, 0.15) is 0 Å². The van der Waals surface area contributed by atoms with Crippen LogP contribution in [0.3, 0.4) is 0 Å². The largest absolute Gasteiger partial charge is 0.227 e. The third-order valence-corrected chi connectivity index (χ3v) is 1.80. The predicted molar refractivity (Wildman–Crippen MR) is 40.5 cm³/mol. The normalized spacial score (nSPS) is 25.0. The topological polar surface area (TPSA) is 18.8 Å². The van der Waals surface area contributed by atoms with Gasteiger partial charge in [-0.05, 0) is 0 Å². The minimum atomic E-state index is 1.03. The zero-order chi connectivity index (χ0) is 6.81. The summed E-state index contributed by atoms with van der Waals surface area (Å²) in [7, 11) is 0. The fourth-order valence-electron chi connectivity index (χ4n) is 1.25. The van der Waals surface area contributed by atoms with E-state index in [1.807, 2.05) is 11.3 Å². The number of hydrogen-bond acceptors (Lipinski definition) is 3. The van der Waals surface area contributed by atoms with Crippen LogP contribution in [0.15, 0.2) is 17.3 Å². The van der Waals surface area contributed by atoms with Gasteiger partial charge in [-0.15, -0.1) is 0 Å². The Balaban J connectivity index is 1.93. The van der Waals surface area contributed by atoms with Gasteiger partial charge in [-0.2, -0.15) is 10.1 Å². The molecule has 0 aliphatic carbocycles. The van der Waals surface area contributed by atoms with Crippen molar-refractivity contribution < 1.29 is 0 Å². The van der Waals surface area contributed by atoms with Gasteiger partial charge < -0.3 is 0 Å². The van der Waals surface area contributed by atoms with E-state index in [0.717, 1.165) is 26.1 Å². The van der Waals surface area contributed by atoms with E-state index in [1.165, 1.54) is 0 Å². The number of hydrazine groups is 1. The highest BCUT2D eigenvalue weighted by Crippen LogP contribution is 2.08. The van der Waals surface area contributed by atoms with Gasteiger partial charge in [0, 0.05) is 25.7 Å². The Kier molecular flexibility index (Phi) is 1.43. The molecule has 0 unspecified atom stereocenters. The van der Waals surface area contributed by atoms with Crippen LogP contribution >= 0.6 is 0 Å². The molecule has 0 saturated heterocycles. The van der Waals surface area contributed by atoms with Crippen LogP contribution in [0.4, 0.5) is 0 Å². The van der Waals surface area contributed by atoms with E-state index in [4.69, 9.17) is 0 Å². The quantitative estimate of drug-likeness (QED) is 0.489. The van der Waals surface area contributed by atoms with Gasteiger partial charge in [0.25, 0.3) is 0 Å². The van der Waals surface area contributed by atoms with Crippen molar-refractivity contribution in [2.24, 2.45) is 5.10 Å². The van der Waals surface area contributed by atoms with Crippen LogP contribution in [0, 0.1) is 0 Å². The molecule has 2 heterocycles.